The number of hydrogen-bond donors (Lipinski definition) is 0. The lowest BCUT2D eigenvalue weighted by Gasteiger charge is -2.26. The summed E-state index contributed by atoms with van der Waals surface area (Å²) in [6.45, 7) is 1.33. The number of aromatic nitrogens is 4. The van der Waals surface area contributed by atoms with Crippen molar-refractivity contribution in [3.8, 4) is 0 Å². The third-order valence-corrected chi connectivity index (χ3v) is 3.96. The Kier molecular flexibility index (Phi) is 3.94. The summed E-state index contributed by atoms with van der Waals surface area (Å²) in [5, 5.41) is 4.17. The van der Waals surface area contributed by atoms with Crippen LogP contribution in [0.3, 0.4) is 0 Å². The molecule has 1 amide bonds. The number of carbonyl (C=O) groups is 1. The number of nitrogens with zero attached hydrogens (tertiary/aromatic N) is 5. The summed E-state index contributed by atoms with van der Waals surface area (Å²) in [6.07, 6.45) is 5.80. The quantitative estimate of drug-likeness (QED) is 0.838. The van der Waals surface area contributed by atoms with Crippen LogP contribution in [0.15, 0.2) is 30.7 Å². The van der Waals surface area contributed by atoms with Crippen molar-refractivity contribution in [2.45, 2.75) is 25.8 Å². The lowest BCUT2D eigenvalue weighted by atomic mass is 9.98. The largest absolute Gasteiger partial charge is 0.345 e. The van der Waals surface area contributed by atoms with Gasteiger partial charge in [0.2, 0.25) is 5.91 Å². The van der Waals surface area contributed by atoms with E-state index in [-0.39, 0.29) is 11.8 Å². The molecule has 0 bridgehead atoms. The van der Waals surface area contributed by atoms with Gasteiger partial charge in [-0.3, -0.25) is 9.78 Å². The Balaban J connectivity index is 1.55. The molecule has 6 heteroatoms. The van der Waals surface area contributed by atoms with E-state index >= 15 is 0 Å². The van der Waals surface area contributed by atoms with E-state index in [0.29, 0.717) is 13.1 Å². The standard InChI is InChI=1S/C15H19N5O/c1-19(9-7-13-4-2-3-8-16-13)15(21)12-5-6-14-17-11-18-20(14)10-12/h2-4,8,11-12H,5-7,9-10H2,1H3. The van der Waals surface area contributed by atoms with E-state index in [2.05, 4.69) is 15.1 Å². The highest BCUT2D eigenvalue weighted by Crippen LogP contribution is 2.19. The van der Waals surface area contributed by atoms with E-state index in [9.17, 15) is 4.79 Å². The van der Waals surface area contributed by atoms with Crippen LogP contribution in [0.5, 0.6) is 0 Å². The van der Waals surface area contributed by atoms with Crippen molar-refractivity contribution in [2.24, 2.45) is 5.92 Å². The first kappa shape index (κ1) is 13.7. The SMILES string of the molecule is CN(CCc1ccccn1)C(=O)C1CCc2ncnn2C1. The van der Waals surface area contributed by atoms with Crippen LogP contribution in [0.4, 0.5) is 0 Å². The smallest absolute Gasteiger partial charge is 0.227 e. The van der Waals surface area contributed by atoms with E-state index in [1.54, 1.807) is 17.4 Å². The molecule has 0 aromatic carbocycles. The van der Waals surface area contributed by atoms with E-state index < -0.39 is 0 Å². The maximum Gasteiger partial charge on any atom is 0.227 e. The second-order valence-corrected chi connectivity index (χ2v) is 5.42. The number of aryl methyl sites for hydroxylation is 1. The minimum absolute atomic E-state index is 0.00734. The van der Waals surface area contributed by atoms with Crippen LogP contribution in [-0.2, 0) is 24.2 Å². The second-order valence-electron chi connectivity index (χ2n) is 5.42. The molecule has 2 aromatic rings. The van der Waals surface area contributed by atoms with Gasteiger partial charge >= 0.3 is 0 Å². The fourth-order valence-corrected chi connectivity index (χ4v) is 2.69. The molecule has 0 saturated carbocycles. The first-order chi connectivity index (χ1) is 10.2. The molecule has 1 aliphatic rings. The Morgan fingerprint density at radius 3 is 3.14 bits per heavy atom. The van der Waals surface area contributed by atoms with Crippen molar-refractivity contribution in [3.63, 3.8) is 0 Å². The normalized spacial score (nSPS) is 17.3. The maximum atomic E-state index is 12.5. The van der Waals surface area contributed by atoms with Crippen LogP contribution in [0.1, 0.15) is 17.9 Å². The summed E-state index contributed by atoms with van der Waals surface area (Å²) in [5.41, 5.74) is 1.01. The minimum Gasteiger partial charge on any atom is -0.345 e. The highest BCUT2D eigenvalue weighted by Gasteiger charge is 2.27. The zero-order valence-electron chi connectivity index (χ0n) is 12.1. The second kappa shape index (κ2) is 6.03. The number of carbonyl (C=O) groups excluding carboxylic acids is 1. The lowest BCUT2D eigenvalue weighted by Crippen LogP contribution is -2.38. The molecule has 0 fully saturated rings. The molecule has 0 aliphatic carbocycles. The summed E-state index contributed by atoms with van der Waals surface area (Å²) >= 11 is 0. The van der Waals surface area contributed by atoms with Gasteiger partial charge in [-0.25, -0.2) is 9.67 Å². The predicted molar refractivity (Wildman–Crippen MR) is 77.4 cm³/mol. The number of likely N-dealkylation sites (N-methyl/N-ethyl adjacent to an activating group) is 1. The number of amides is 1. The van der Waals surface area contributed by atoms with Crippen molar-refractivity contribution < 1.29 is 4.79 Å². The average molecular weight is 285 g/mol. The first-order valence-corrected chi connectivity index (χ1v) is 7.25. The fraction of sp³-hybridized carbons (Fsp3) is 0.467. The van der Waals surface area contributed by atoms with Gasteiger partial charge in [-0.2, -0.15) is 5.10 Å². The Morgan fingerprint density at radius 2 is 2.33 bits per heavy atom. The van der Waals surface area contributed by atoms with Gasteiger partial charge in [0.05, 0.1) is 12.5 Å². The Morgan fingerprint density at radius 1 is 1.43 bits per heavy atom. The lowest BCUT2D eigenvalue weighted by molar-refractivity contribution is -0.135. The molecule has 2 aromatic heterocycles. The van der Waals surface area contributed by atoms with Gasteiger partial charge in [0, 0.05) is 38.3 Å². The van der Waals surface area contributed by atoms with Crippen LogP contribution in [0, 0.1) is 5.92 Å². The molecule has 3 rings (SSSR count). The number of pyridine rings is 1. The molecule has 0 saturated heterocycles. The van der Waals surface area contributed by atoms with Gasteiger partial charge in [0.1, 0.15) is 12.2 Å². The zero-order chi connectivity index (χ0) is 14.7. The maximum absolute atomic E-state index is 12.5. The van der Waals surface area contributed by atoms with Crippen LogP contribution in [0.2, 0.25) is 0 Å². The van der Waals surface area contributed by atoms with E-state index in [4.69, 9.17) is 0 Å². The van der Waals surface area contributed by atoms with Gasteiger partial charge in [0.15, 0.2) is 0 Å². The minimum atomic E-state index is 0.00734. The molecular weight excluding hydrogens is 266 g/mol. The third-order valence-electron chi connectivity index (χ3n) is 3.96. The molecule has 1 atom stereocenters. The van der Waals surface area contributed by atoms with Gasteiger partial charge in [-0.15, -0.1) is 0 Å². The van der Waals surface area contributed by atoms with Crippen LogP contribution >= 0.6 is 0 Å². The van der Waals surface area contributed by atoms with Crippen molar-refractivity contribution >= 4 is 5.91 Å². The summed E-state index contributed by atoms with van der Waals surface area (Å²) < 4.78 is 1.85. The summed E-state index contributed by atoms with van der Waals surface area (Å²) in [5.74, 6) is 1.18. The van der Waals surface area contributed by atoms with E-state index in [0.717, 1.165) is 30.8 Å². The highest BCUT2D eigenvalue weighted by atomic mass is 16.2. The molecule has 0 N–H and O–H groups in total. The fourth-order valence-electron chi connectivity index (χ4n) is 2.69. The zero-order valence-corrected chi connectivity index (χ0v) is 12.1. The average Bonchev–Trinajstić information content (AvgIpc) is 3.00. The van der Waals surface area contributed by atoms with Crippen LogP contribution < -0.4 is 0 Å². The third kappa shape index (κ3) is 3.09. The van der Waals surface area contributed by atoms with Crippen molar-refractivity contribution in [1.29, 1.82) is 0 Å². The number of hydrogen-bond acceptors (Lipinski definition) is 4. The molecule has 21 heavy (non-hydrogen) atoms. The molecular formula is C15H19N5O. The summed E-state index contributed by atoms with van der Waals surface area (Å²) in [4.78, 5) is 22.8. The van der Waals surface area contributed by atoms with Crippen molar-refractivity contribution in [1.82, 2.24) is 24.6 Å². The topological polar surface area (TPSA) is 63.9 Å². The molecule has 6 nitrogen and oxygen atoms in total. The molecule has 110 valence electrons. The number of fused-ring (bicyclic) bond motifs is 1. The van der Waals surface area contributed by atoms with Crippen molar-refractivity contribution in [3.05, 3.63) is 42.2 Å². The monoisotopic (exact) mass is 285 g/mol. The summed E-state index contributed by atoms with van der Waals surface area (Å²) in [6, 6.07) is 5.86. The Hall–Kier alpha value is -2.24. The van der Waals surface area contributed by atoms with Gasteiger partial charge < -0.3 is 4.90 Å². The van der Waals surface area contributed by atoms with E-state index in [1.165, 1.54) is 0 Å². The Bertz CT molecular complexity index is 610. The predicted octanol–water partition coefficient (Wildman–Crippen LogP) is 0.937. The Labute approximate surface area is 123 Å². The van der Waals surface area contributed by atoms with E-state index in [1.807, 2.05) is 29.9 Å². The van der Waals surface area contributed by atoms with Crippen LogP contribution in [0.25, 0.3) is 0 Å². The summed E-state index contributed by atoms with van der Waals surface area (Å²) in [7, 11) is 1.86. The molecule has 3 heterocycles. The van der Waals surface area contributed by atoms with Gasteiger partial charge in [-0.05, 0) is 18.6 Å². The molecule has 0 radical (unpaired) electrons. The van der Waals surface area contributed by atoms with Gasteiger partial charge in [0.25, 0.3) is 0 Å². The molecule has 1 unspecified atom stereocenters. The number of rotatable bonds is 4. The molecule has 0 spiro atoms. The first-order valence-electron chi connectivity index (χ1n) is 7.25. The van der Waals surface area contributed by atoms with Crippen LogP contribution in [-0.4, -0.2) is 44.1 Å². The van der Waals surface area contributed by atoms with Gasteiger partial charge in [-0.1, -0.05) is 6.07 Å². The highest BCUT2D eigenvalue weighted by molar-refractivity contribution is 5.78. The van der Waals surface area contributed by atoms with Crippen molar-refractivity contribution in [2.75, 3.05) is 13.6 Å². The molecule has 1 aliphatic heterocycles.